The van der Waals surface area contributed by atoms with Crippen LogP contribution in [0.2, 0.25) is 0 Å². The molecule has 0 saturated carbocycles. The smallest absolute Gasteiger partial charge is 0.255 e. The zero-order chi connectivity index (χ0) is 15.7. The van der Waals surface area contributed by atoms with Crippen molar-refractivity contribution in [2.45, 2.75) is 13.8 Å². The highest BCUT2D eigenvalue weighted by Gasteiger charge is 2.11. The highest BCUT2D eigenvalue weighted by molar-refractivity contribution is 6.06. The quantitative estimate of drug-likeness (QED) is 0.755. The number of aryl methyl sites for hydroxylation is 1. The Labute approximate surface area is 128 Å². The topological polar surface area (TPSA) is 62.2 Å². The summed E-state index contributed by atoms with van der Waals surface area (Å²) in [6, 6.07) is 12.7. The summed E-state index contributed by atoms with van der Waals surface area (Å²) in [5, 5.41) is 13.7. The van der Waals surface area contributed by atoms with Crippen LogP contribution in [0.3, 0.4) is 0 Å². The molecule has 0 bridgehead atoms. The molecule has 2 aromatic carbocycles. The zero-order valence-electron chi connectivity index (χ0n) is 12.4. The van der Waals surface area contributed by atoms with Crippen molar-refractivity contribution in [2.75, 3.05) is 5.32 Å². The lowest BCUT2D eigenvalue weighted by atomic mass is 10.1. The van der Waals surface area contributed by atoms with Crippen molar-refractivity contribution in [3.05, 3.63) is 65.4 Å². The number of aromatic hydroxyl groups is 1. The van der Waals surface area contributed by atoms with E-state index >= 15 is 0 Å². The van der Waals surface area contributed by atoms with Crippen molar-refractivity contribution >= 4 is 22.5 Å². The van der Waals surface area contributed by atoms with Crippen molar-refractivity contribution in [3.63, 3.8) is 0 Å². The minimum atomic E-state index is -0.211. The van der Waals surface area contributed by atoms with Crippen LogP contribution in [0.1, 0.15) is 21.5 Å². The molecule has 4 heteroatoms. The lowest BCUT2D eigenvalue weighted by Gasteiger charge is -2.11. The van der Waals surface area contributed by atoms with E-state index in [1.54, 1.807) is 37.4 Å². The normalized spacial score (nSPS) is 10.6. The van der Waals surface area contributed by atoms with Gasteiger partial charge in [-0.05, 0) is 49.7 Å². The maximum absolute atomic E-state index is 12.4. The summed E-state index contributed by atoms with van der Waals surface area (Å²) in [7, 11) is 0. The molecule has 110 valence electrons. The fourth-order valence-corrected chi connectivity index (χ4v) is 2.38. The number of amides is 1. The number of phenolic OH excluding ortho intramolecular Hbond substituents is 1. The van der Waals surface area contributed by atoms with Crippen LogP contribution in [0, 0.1) is 13.8 Å². The van der Waals surface area contributed by atoms with Crippen LogP contribution in [0.5, 0.6) is 5.75 Å². The lowest BCUT2D eigenvalue weighted by molar-refractivity contribution is 0.102. The molecule has 3 aromatic rings. The SMILES string of the molecule is Cc1ccc(NC(=O)c2ccc3ncccc3c2)c(C)c1O. The zero-order valence-corrected chi connectivity index (χ0v) is 12.4. The predicted molar refractivity (Wildman–Crippen MR) is 87.3 cm³/mol. The monoisotopic (exact) mass is 292 g/mol. The number of aromatic nitrogens is 1. The number of carbonyl (C=O) groups is 1. The summed E-state index contributed by atoms with van der Waals surface area (Å²) in [5.41, 5.74) is 3.46. The van der Waals surface area contributed by atoms with Gasteiger partial charge in [-0.15, -0.1) is 0 Å². The second-order valence-electron chi connectivity index (χ2n) is 5.27. The standard InChI is InChI=1S/C18H16N2O2/c1-11-5-7-15(12(2)17(11)21)20-18(22)14-6-8-16-13(10-14)4-3-9-19-16/h3-10,21H,1-2H3,(H,20,22). The first-order valence-electron chi connectivity index (χ1n) is 7.01. The fraction of sp³-hybridized carbons (Fsp3) is 0.111. The molecule has 0 aliphatic carbocycles. The maximum atomic E-state index is 12.4. The second-order valence-corrected chi connectivity index (χ2v) is 5.27. The largest absolute Gasteiger partial charge is 0.507 e. The summed E-state index contributed by atoms with van der Waals surface area (Å²) in [5.74, 6) is -0.00221. The van der Waals surface area contributed by atoms with E-state index in [9.17, 15) is 9.90 Å². The molecular weight excluding hydrogens is 276 g/mol. The summed E-state index contributed by atoms with van der Waals surface area (Å²) < 4.78 is 0. The van der Waals surface area contributed by atoms with Crippen LogP contribution < -0.4 is 5.32 Å². The minimum Gasteiger partial charge on any atom is -0.507 e. The Morgan fingerprint density at radius 2 is 1.95 bits per heavy atom. The lowest BCUT2D eigenvalue weighted by Crippen LogP contribution is -2.12. The number of benzene rings is 2. The molecule has 0 aliphatic rings. The van der Waals surface area contributed by atoms with E-state index in [0.717, 1.165) is 16.5 Å². The van der Waals surface area contributed by atoms with Gasteiger partial charge >= 0.3 is 0 Å². The molecule has 4 nitrogen and oxygen atoms in total. The Morgan fingerprint density at radius 1 is 1.14 bits per heavy atom. The van der Waals surface area contributed by atoms with E-state index in [-0.39, 0.29) is 11.7 Å². The molecule has 0 aliphatic heterocycles. The summed E-state index contributed by atoms with van der Waals surface area (Å²) in [6.07, 6.45) is 1.72. The molecule has 0 atom stereocenters. The van der Waals surface area contributed by atoms with Crippen molar-refractivity contribution < 1.29 is 9.90 Å². The Kier molecular flexibility index (Phi) is 3.51. The number of anilines is 1. The third kappa shape index (κ3) is 2.51. The van der Waals surface area contributed by atoms with Crippen LogP contribution in [0.25, 0.3) is 10.9 Å². The Morgan fingerprint density at radius 3 is 2.77 bits per heavy atom. The van der Waals surface area contributed by atoms with E-state index in [1.807, 2.05) is 25.1 Å². The predicted octanol–water partition coefficient (Wildman–Crippen LogP) is 3.81. The third-order valence-corrected chi connectivity index (χ3v) is 3.75. The molecule has 0 spiro atoms. The van der Waals surface area contributed by atoms with Gasteiger partial charge in [-0.2, -0.15) is 0 Å². The molecule has 0 saturated heterocycles. The molecule has 3 rings (SSSR count). The molecule has 0 fully saturated rings. The molecule has 2 N–H and O–H groups in total. The minimum absolute atomic E-state index is 0.209. The van der Waals surface area contributed by atoms with E-state index in [1.165, 1.54) is 0 Å². The van der Waals surface area contributed by atoms with Gasteiger partial charge in [-0.1, -0.05) is 12.1 Å². The summed E-state index contributed by atoms with van der Waals surface area (Å²) in [6.45, 7) is 3.60. The van der Waals surface area contributed by atoms with Crippen molar-refractivity contribution in [3.8, 4) is 5.75 Å². The highest BCUT2D eigenvalue weighted by Crippen LogP contribution is 2.28. The van der Waals surface area contributed by atoms with E-state index in [2.05, 4.69) is 10.3 Å². The van der Waals surface area contributed by atoms with Crippen molar-refractivity contribution in [1.29, 1.82) is 0 Å². The molecule has 0 radical (unpaired) electrons. The molecule has 1 amide bonds. The summed E-state index contributed by atoms with van der Waals surface area (Å²) >= 11 is 0. The van der Waals surface area contributed by atoms with Gasteiger partial charge in [0.25, 0.3) is 5.91 Å². The molecule has 22 heavy (non-hydrogen) atoms. The number of carbonyl (C=O) groups excluding carboxylic acids is 1. The number of nitrogens with one attached hydrogen (secondary N) is 1. The van der Waals surface area contributed by atoms with Crippen molar-refractivity contribution in [2.24, 2.45) is 0 Å². The van der Waals surface area contributed by atoms with E-state index in [0.29, 0.717) is 16.8 Å². The molecule has 1 heterocycles. The van der Waals surface area contributed by atoms with Gasteiger partial charge in [0.15, 0.2) is 0 Å². The number of pyridine rings is 1. The highest BCUT2D eigenvalue weighted by atomic mass is 16.3. The second kappa shape index (κ2) is 5.48. The van der Waals surface area contributed by atoms with Gasteiger partial charge in [0.05, 0.1) is 5.52 Å². The first-order valence-corrected chi connectivity index (χ1v) is 7.01. The number of hydrogen-bond donors (Lipinski definition) is 2. The van der Waals surface area contributed by atoms with Crippen molar-refractivity contribution in [1.82, 2.24) is 4.98 Å². The maximum Gasteiger partial charge on any atom is 0.255 e. The molecular formula is C18H16N2O2. The number of phenols is 1. The fourth-order valence-electron chi connectivity index (χ4n) is 2.38. The molecule has 1 aromatic heterocycles. The number of rotatable bonds is 2. The third-order valence-electron chi connectivity index (χ3n) is 3.75. The van der Waals surface area contributed by atoms with Crippen LogP contribution in [0.4, 0.5) is 5.69 Å². The van der Waals surface area contributed by atoms with Crippen LogP contribution in [-0.2, 0) is 0 Å². The van der Waals surface area contributed by atoms with Crippen LogP contribution in [0.15, 0.2) is 48.7 Å². The average Bonchev–Trinajstić information content (AvgIpc) is 2.55. The van der Waals surface area contributed by atoms with Gasteiger partial charge < -0.3 is 10.4 Å². The van der Waals surface area contributed by atoms with E-state index in [4.69, 9.17) is 0 Å². The van der Waals surface area contributed by atoms with Gasteiger partial charge in [0, 0.05) is 28.4 Å². The van der Waals surface area contributed by atoms with Gasteiger partial charge in [-0.3, -0.25) is 9.78 Å². The van der Waals surface area contributed by atoms with E-state index < -0.39 is 0 Å². The van der Waals surface area contributed by atoms with Gasteiger partial charge in [-0.25, -0.2) is 0 Å². The number of hydrogen-bond acceptors (Lipinski definition) is 3. The number of nitrogens with zero attached hydrogens (tertiary/aromatic N) is 1. The Bertz CT molecular complexity index is 872. The van der Waals surface area contributed by atoms with Gasteiger partial charge in [0.2, 0.25) is 0 Å². The molecule has 0 unspecified atom stereocenters. The van der Waals surface area contributed by atoms with Crippen LogP contribution >= 0.6 is 0 Å². The Balaban J connectivity index is 1.92. The first-order chi connectivity index (χ1) is 10.6. The average molecular weight is 292 g/mol. The number of fused-ring (bicyclic) bond motifs is 1. The first kappa shape index (κ1) is 14.1. The summed E-state index contributed by atoms with van der Waals surface area (Å²) in [4.78, 5) is 16.6. The van der Waals surface area contributed by atoms with Crippen LogP contribution in [-0.4, -0.2) is 16.0 Å². The Hall–Kier alpha value is -2.88. The van der Waals surface area contributed by atoms with Gasteiger partial charge in [0.1, 0.15) is 5.75 Å².